The van der Waals surface area contributed by atoms with E-state index in [-0.39, 0.29) is 35.6 Å². The summed E-state index contributed by atoms with van der Waals surface area (Å²) in [6.45, 7) is 0. The number of carbonyl (C=O) groups excluding carboxylic acids is 1. The van der Waals surface area contributed by atoms with Gasteiger partial charge < -0.3 is 20.5 Å². The van der Waals surface area contributed by atoms with E-state index in [1.165, 1.54) is 21.5 Å². The standard InChI is InChI=1S/C20H20F3N7O2/c1-24-16-8-15(26-12-3-2-6-29(19(12)32)13-7-11(13)21)28-17-10(9-25-30(16)17)18(31)27-14-4-5-20(14,22)23/h2-3,6,8-9,11,13-14,24H,4-5,7H2,1H3,(H,26,28)(H,27,31)/t11-,13-,14?/m0/s1. The molecule has 2 fully saturated rings. The number of aromatic nitrogens is 4. The molecule has 2 aliphatic carbocycles. The molecule has 3 heterocycles. The molecule has 0 spiro atoms. The van der Waals surface area contributed by atoms with Gasteiger partial charge in [-0.3, -0.25) is 9.59 Å². The molecule has 168 valence electrons. The van der Waals surface area contributed by atoms with Crippen LogP contribution in [-0.4, -0.2) is 50.3 Å². The summed E-state index contributed by atoms with van der Waals surface area (Å²) in [5.74, 6) is -2.95. The Morgan fingerprint density at radius 3 is 2.75 bits per heavy atom. The number of nitrogens with one attached hydrogen (secondary N) is 3. The highest BCUT2D eigenvalue weighted by Gasteiger charge is 2.49. The van der Waals surface area contributed by atoms with Crippen LogP contribution in [0.2, 0.25) is 0 Å². The maximum atomic E-state index is 13.6. The molecule has 2 saturated carbocycles. The van der Waals surface area contributed by atoms with Crippen LogP contribution in [0.3, 0.4) is 0 Å². The van der Waals surface area contributed by atoms with Gasteiger partial charge in [-0.15, -0.1) is 0 Å². The Labute approximate surface area is 179 Å². The van der Waals surface area contributed by atoms with Gasteiger partial charge in [-0.05, 0) is 18.6 Å². The van der Waals surface area contributed by atoms with Crippen LogP contribution in [0.4, 0.5) is 30.5 Å². The van der Waals surface area contributed by atoms with Crippen LogP contribution in [0.1, 0.15) is 35.7 Å². The van der Waals surface area contributed by atoms with Crippen molar-refractivity contribution in [2.75, 3.05) is 17.7 Å². The third kappa shape index (κ3) is 3.35. The van der Waals surface area contributed by atoms with E-state index in [9.17, 15) is 22.8 Å². The Kier molecular flexibility index (Phi) is 4.60. The topological polar surface area (TPSA) is 105 Å². The fourth-order valence-electron chi connectivity index (χ4n) is 3.73. The van der Waals surface area contributed by atoms with E-state index in [2.05, 4.69) is 26.0 Å². The average molecular weight is 447 g/mol. The molecule has 9 nitrogen and oxygen atoms in total. The fourth-order valence-corrected chi connectivity index (χ4v) is 3.73. The molecule has 3 aromatic rings. The van der Waals surface area contributed by atoms with Crippen molar-refractivity contribution >= 4 is 28.9 Å². The second kappa shape index (κ2) is 7.24. The lowest BCUT2D eigenvalue weighted by Crippen LogP contribution is -2.55. The molecule has 3 aromatic heterocycles. The molecule has 0 aliphatic heterocycles. The molecule has 32 heavy (non-hydrogen) atoms. The number of hydrogen-bond donors (Lipinski definition) is 3. The molecule has 12 heteroatoms. The first-order valence-corrected chi connectivity index (χ1v) is 10.2. The van der Waals surface area contributed by atoms with Crippen LogP contribution in [0.25, 0.3) is 5.65 Å². The summed E-state index contributed by atoms with van der Waals surface area (Å²) < 4.78 is 43.3. The number of rotatable bonds is 6. The predicted octanol–water partition coefficient (Wildman–Crippen LogP) is 2.49. The lowest BCUT2D eigenvalue weighted by molar-refractivity contribution is -0.102. The highest BCUT2D eigenvalue weighted by molar-refractivity contribution is 6.00. The summed E-state index contributed by atoms with van der Waals surface area (Å²) in [6.07, 6.45) is 1.98. The van der Waals surface area contributed by atoms with Crippen LogP contribution in [0.5, 0.6) is 0 Å². The van der Waals surface area contributed by atoms with Gasteiger partial charge in [0.2, 0.25) is 0 Å². The molecular formula is C20H20F3N7O2. The maximum Gasteiger partial charge on any atom is 0.274 e. The number of nitrogens with zero attached hydrogens (tertiary/aromatic N) is 4. The molecule has 1 unspecified atom stereocenters. The molecule has 5 rings (SSSR count). The average Bonchev–Trinajstić information content (AvgIpc) is 3.33. The van der Waals surface area contributed by atoms with Crippen molar-refractivity contribution in [1.82, 2.24) is 24.5 Å². The van der Waals surface area contributed by atoms with Gasteiger partial charge in [0.1, 0.15) is 29.1 Å². The number of halogens is 3. The van der Waals surface area contributed by atoms with E-state index in [0.29, 0.717) is 12.2 Å². The predicted molar refractivity (Wildman–Crippen MR) is 111 cm³/mol. The summed E-state index contributed by atoms with van der Waals surface area (Å²) >= 11 is 0. The van der Waals surface area contributed by atoms with Crippen molar-refractivity contribution in [3.8, 4) is 0 Å². The van der Waals surface area contributed by atoms with Crippen molar-refractivity contribution in [2.24, 2.45) is 0 Å². The van der Waals surface area contributed by atoms with Crippen molar-refractivity contribution in [3.63, 3.8) is 0 Å². The van der Waals surface area contributed by atoms with E-state index in [1.807, 2.05) is 0 Å². The number of pyridine rings is 1. The molecule has 3 atom stereocenters. The summed E-state index contributed by atoms with van der Waals surface area (Å²) in [5, 5.41) is 12.3. The minimum Gasteiger partial charge on any atom is -0.373 e. The smallest absolute Gasteiger partial charge is 0.274 e. The first kappa shape index (κ1) is 20.3. The van der Waals surface area contributed by atoms with Gasteiger partial charge >= 0.3 is 0 Å². The molecule has 0 saturated heterocycles. The van der Waals surface area contributed by atoms with Gasteiger partial charge in [0.25, 0.3) is 17.4 Å². The normalized spacial score (nSPS) is 23.4. The minimum absolute atomic E-state index is 0.0246. The van der Waals surface area contributed by atoms with Gasteiger partial charge in [-0.2, -0.15) is 9.61 Å². The zero-order chi connectivity index (χ0) is 22.6. The molecule has 0 bridgehead atoms. The number of amides is 1. The lowest BCUT2D eigenvalue weighted by atomic mass is 9.88. The van der Waals surface area contributed by atoms with Crippen molar-refractivity contribution in [2.45, 2.75) is 43.4 Å². The van der Waals surface area contributed by atoms with E-state index in [1.54, 1.807) is 25.2 Å². The van der Waals surface area contributed by atoms with Crippen LogP contribution in [0.15, 0.2) is 35.4 Å². The van der Waals surface area contributed by atoms with Crippen LogP contribution >= 0.6 is 0 Å². The summed E-state index contributed by atoms with van der Waals surface area (Å²) in [4.78, 5) is 29.7. The Hall–Kier alpha value is -3.57. The first-order valence-electron chi connectivity index (χ1n) is 10.2. The Bertz CT molecular complexity index is 1270. The highest BCUT2D eigenvalue weighted by Crippen LogP contribution is 2.38. The van der Waals surface area contributed by atoms with Crippen molar-refractivity contribution < 1.29 is 18.0 Å². The second-order valence-electron chi connectivity index (χ2n) is 7.97. The lowest BCUT2D eigenvalue weighted by Gasteiger charge is -2.36. The second-order valence-corrected chi connectivity index (χ2v) is 7.97. The van der Waals surface area contributed by atoms with Crippen LogP contribution < -0.4 is 21.5 Å². The molecule has 0 radical (unpaired) electrons. The van der Waals surface area contributed by atoms with E-state index in [4.69, 9.17) is 0 Å². The quantitative estimate of drug-likeness (QED) is 0.536. The minimum atomic E-state index is -2.93. The van der Waals surface area contributed by atoms with Gasteiger partial charge in [0.15, 0.2) is 5.65 Å². The van der Waals surface area contributed by atoms with Crippen molar-refractivity contribution in [1.29, 1.82) is 0 Å². The molecule has 2 aliphatic rings. The van der Waals surface area contributed by atoms with Crippen molar-refractivity contribution in [3.05, 3.63) is 46.5 Å². The highest BCUT2D eigenvalue weighted by atomic mass is 19.3. The zero-order valence-corrected chi connectivity index (χ0v) is 17.0. The Morgan fingerprint density at radius 2 is 2.12 bits per heavy atom. The number of alkyl halides is 3. The summed E-state index contributed by atoms with van der Waals surface area (Å²) in [5.41, 5.74) is -0.0625. The summed E-state index contributed by atoms with van der Waals surface area (Å²) in [6, 6.07) is 3.06. The largest absolute Gasteiger partial charge is 0.373 e. The Balaban J connectivity index is 1.48. The third-order valence-electron chi connectivity index (χ3n) is 5.83. The molecule has 0 aromatic carbocycles. The van der Waals surface area contributed by atoms with Crippen LogP contribution in [-0.2, 0) is 0 Å². The number of fused-ring (bicyclic) bond motifs is 1. The molecule has 1 amide bonds. The number of carbonyl (C=O) groups is 1. The molecular weight excluding hydrogens is 427 g/mol. The van der Waals surface area contributed by atoms with E-state index in [0.717, 1.165) is 0 Å². The van der Waals surface area contributed by atoms with Gasteiger partial charge in [-0.1, -0.05) is 0 Å². The van der Waals surface area contributed by atoms with Gasteiger partial charge in [-0.25, -0.2) is 18.2 Å². The fraction of sp³-hybridized carbons (Fsp3) is 0.400. The summed E-state index contributed by atoms with van der Waals surface area (Å²) in [7, 11) is 1.64. The monoisotopic (exact) mass is 447 g/mol. The molecule has 3 N–H and O–H groups in total. The third-order valence-corrected chi connectivity index (χ3v) is 5.83. The maximum absolute atomic E-state index is 13.6. The SMILES string of the molecule is CNc1cc(Nc2cccn([C@H]3C[C@@H]3F)c2=O)nc2c(C(=O)NC3CCC3(F)F)cnn12. The van der Waals surface area contributed by atoms with E-state index >= 15 is 0 Å². The Morgan fingerprint density at radius 1 is 1.34 bits per heavy atom. The van der Waals surface area contributed by atoms with Gasteiger partial charge in [0.05, 0.1) is 18.3 Å². The van der Waals surface area contributed by atoms with E-state index < -0.39 is 35.6 Å². The van der Waals surface area contributed by atoms with Crippen LogP contribution in [0, 0.1) is 0 Å². The number of hydrogen-bond acceptors (Lipinski definition) is 6. The number of anilines is 3. The zero-order valence-electron chi connectivity index (χ0n) is 17.0. The van der Waals surface area contributed by atoms with Gasteiger partial charge in [0, 0.05) is 32.2 Å². The first-order chi connectivity index (χ1) is 15.3.